The summed E-state index contributed by atoms with van der Waals surface area (Å²) in [5.74, 6) is 0.453. The first-order chi connectivity index (χ1) is 9.04. The van der Waals surface area contributed by atoms with Gasteiger partial charge in [-0.25, -0.2) is 9.37 Å². The molecule has 0 aliphatic rings. The minimum absolute atomic E-state index is 0.0735. The Hall–Kier alpha value is -1.37. The molecule has 0 aliphatic carbocycles. The van der Waals surface area contributed by atoms with E-state index in [9.17, 15) is 4.39 Å². The highest BCUT2D eigenvalue weighted by molar-refractivity contribution is 7.05. The first-order valence-electron chi connectivity index (χ1n) is 6.11. The number of nitrogens with zero attached hydrogens (tertiary/aromatic N) is 2. The smallest absolute Gasteiger partial charge is 0.146 e. The normalized spacial score (nSPS) is 14.3. The molecule has 0 bridgehead atoms. The van der Waals surface area contributed by atoms with E-state index in [1.165, 1.54) is 23.7 Å². The van der Waals surface area contributed by atoms with Crippen LogP contribution in [-0.4, -0.2) is 21.4 Å². The molecule has 1 aromatic heterocycles. The van der Waals surface area contributed by atoms with Crippen molar-refractivity contribution < 1.29 is 4.39 Å². The second-order valence-electron chi connectivity index (χ2n) is 4.64. The summed E-state index contributed by atoms with van der Waals surface area (Å²) in [6.45, 7) is 1.87. The van der Waals surface area contributed by atoms with Crippen LogP contribution < -0.4 is 11.5 Å². The van der Waals surface area contributed by atoms with Gasteiger partial charge in [0.15, 0.2) is 0 Å². The fourth-order valence-electron chi connectivity index (χ4n) is 1.66. The predicted molar refractivity (Wildman–Crippen MR) is 74.4 cm³/mol. The summed E-state index contributed by atoms with van der Waals surface area (Å²) >= 11 is 1.33. The molecule has 4 nitrogen and oxygen atoms in total. The van der Waals surface area contributed by atoms with Crippen molar-refractivity contribution in [2.75, 3.05) is 0 Å². The molecule has 19 heavy (non-hydrogen) atoms. The summed E-state index contributed by atoms with van der Waals surface area (Å²) in [4.78, 5) is 4.41. The van der Waals surface area contributed by atoms with Gasteiger partial charge >= 0.3 is 0 Å². The molecule has 2 rings (SSSR count). The zero-order valence-corrected chi connectivity index (χ0v) is 11.5. The quantitative estimate of drug-likeness (QED) is 0.869. The van der Waals surface area contributed by atoms with Crippen LogP contribution in [0, 0.1) is 5.82 Å². The second-order valence-corrected chi connectivity index (χ2v) is 5.47. The van der Waals surface area contributed by atoms with E-state index in [-0.39, 0.29) is 17.9 Å². The minimum atomic E-state index is -0.244. The van der Waals surface area contributed by atoms with E-state index >= 15 is 0 Å². The van der Waals surface area contributed by atoms with Gasteiger partial charge in [0.2, 0.25) is 0 Å². The van der Waals surface area contributed by atoms with Crippen molar-refractivity contribution in [2.24, 2.45) is 11.5 Å². The number of hydrogen-bond acceptors (Lipinski definition) is 5. The summed E-state index contributed by atoms with van der Waals surface area (Å²) in [5.41, 5.74) is 12.5. The molecule has 0 saturated heterocycles. The van der Waals surface area contributed by atoms with Crippen molar-refractivity contribution in [3.8, 4) is 0 Å². The molecule has 0 saturated carbocycles. The van der Waals surface area contributed by atoms with Crippen LogP contribution in [0.1, 0.15) is 23.3 Å². The van der Waals surface area contributed by atoms with Crippen molar-refractivity contribution in [3.63, 3.8) is 0 Å². The molecule has 102 valence electrons. The summed E-state index contributed by atoms with van der Waals surface area (Å²) < 4.78 is 17.3. The fraction of sp³-hybridized carbons (Fsp3) is 0.385. The molecule has 0 fully saturated rings. The van der Waals surface area contributed by atoms with E-state index < -0.39 is 0 Å². The van der Waals surface area contributed by atoms with Crippen LogP contribution in [0.3, 0.4) is 0 Å². The molecule has 0 spiro atoms. The van der Waals surface area contributed by atoms with Crippen LogP contribution in [0.2, 0.25) is 0 Å². The Morgan fingerprint density at radius 1 is 1.37 bits per heavy atom. The van der Waals surface area contributed by atoms with Crippen LogP contribution in [0.25, 0.3) is 0 Å². The van der Waals surface area contributed by atoms with Crippen molar-refractivity contribution >= 4 is 11.5 Å². The predicted octanol–water partition coefficient (Wildman–Crippen LogP) is 1.49. The summed E-state index contributed by atoms with van der Waals surface area (Å²) in [7, 11) is 0. The summed E-state index contributed by atoms with van der Waals surface area (Å²) in [6, 6.07) is 6.27. The zero-order valence-electron chi connectivity index (χ0n) is 10.7. The Balaban J connectivity index is 2.01. The fourth-order valence-corrected chi connectivity index (χ4v) is 2.39. The Bertz CT molecular complexity index is 541. The molecular formula is C13H17FN4S. The highest BCUT2D eigenvalue weighted by Gasteiger charge is 2.13. The lowest BCUT2D eigenvalue weighted by molar-refractivity contribution is 0.555. The van der Waals surface area contributed by atoms with Gasteiger partial charge in [0.1, 0.15) is 16.6 Å². The first kappa shape index (κ1) is 14.0. The van der Waals surface area contributed by atoms with Crippen LogP contribution in [0.4, 0.5) is 4.39 Å². The lowest BCUT2D eigenvalue weighted by Crippen LogP contribution is -2.40. The van der Waals surface area contributed by atoms with E-state index in [1.807, 2.05) is 13.0 Å². The number of hydrogen-bond donors (Lipinski definition) is 2. The largest absolute Gasteiger partial charge is 0.327 e. The monoisotopic (exact) mass is 280 g/mol. The van der Waals surface area contributed by atoms with Gasteiger partial charge in [-0.15, -0.1) is 0 Å². The Morgan fingerprint density at radius 2 is 2.16 bits per heavy atom. The van der Waals surface area contributed by atoms with Gasteiger partial charge in [-0.2, -0.15) is 4.37 Å². The maximum atomic E-state index is 13.1. The summed E-state index contributed by atoms with van der Waals surface area (Å²) in [6.07, 6.45) is 1.15. The minimum Gasteiger partial charge on any atom is -0.327 e. The molecule has 2 unspecified atom stereocenters. The number of rotatable bonds is 5. The molecule has 0 amide bonds. The molecule has 0 radical (unpaired) electrons. The van der Waals surface area contributed by atoms with Crippen LogP contribution in [0.5, 0.6) is 0 Å². The van der Waals surface area contributed by atoms with Gasteiger partial charge in [0.05, 0.1) is 0 Å². The SMILES string of the molecule is CC(N)C(N)Cc1nc(Cc2cccc(F)c2)ns1. The molecule has 2 aromatic rings. The average molecular weight is 280 g/mol. The Morgan fingerprint density at radius 3 is 2.84 bits per heavy atom. The van der Waals surface area contributed by atoms with E-state index in [0.717, 1.165) is 10.6 Å². The molecule has 2 atom stereocenters. The lowest BCUT2D eigenvalue weighted by atomic mass is 10.1. The number of aromatic nitrogens is 2. The molecule has 4 N–H and O–H groups in total. The average Bonchev–Trinajstić information content (AvgIpc) is 2.76. The first-order valence-corrected chi connectivity index (χ1v) is 6.89. The second kappa shape index (κ2) is 6.18. The molecule has 0 aliphatic heterocycles. The third-order valence-electron chi connectivity index (χ3n) is 2.85. The van der Waals surface area contributed by atoms with Gasteiger partial charge in [0, 0.05) is 24.9 Å². The standard InChI is InChI=1S/C13H17FN4S/c1-8(15)11(16)7-13-17-12(18-19-13)6-9-3-2-4-10(14)5-9/h2-5,8,11H,6-7,15-16H2,1H3. The highest BCUT2D eigenvalue weighted by atomic mass is 32.1. The molecule has 1 heterocycles. The topological polar surface area (TPSA) is 77.8 Å². The molecular weight excluding hydrogens is 263 g/mol. The third kappa shape index (κ3) is 4.05. The van der Waals surface area contributed by atoms with Gasteiger partial charge in [-0.05, 0) is 36.2 Å². The highest BCUT2D eigenvalue weighted by Crippen LogP contribution is 2.12. The van der Waals surface area contributed by atoms with Crippen LogP contribution in [-0.2, 0) is 12.8 Å². The Kier molecular flexibility index (Phi) is 4.57. The number of halogens is 1. The van der Waals surface area contributed by atoms with Crippen LogP contribution >= 0.6 is 11.5 Å². The van der Waals surface area contributed by atoms with Crippen LogP contribution in [0.15, 0.2) is 24.3 Å². The van der Waals surface area contributed by atoms with E-state index in [2.05, 4.69) is 9.36 Å². The zero-order chi connectivity index (χ0) is 13.8. The van der Waals surface area contributed by atoms with Gasteiger partial charge in [-0.1, -0.05) is 12.1 Å². The molecule has 6 heteroatoms. The summed E-state index contributed by atoms with van der Waals surface area (Å²) in [5, 5.41) is 0.871. The van der Waals surface area contributed by atoms with E-state index in [4.69, 9.17) is 11.5 Å². The van der Waals surface area contributed by atoms with Crippen molar-refractivity contribution in [2.45, 2.75) is 31.8 Å². The number of nitrogens with two attached hydrogens (primary N) is 2. The maximum absolute atomic E-state index is 13.1. The number of benzene rings is 1. The van der Waals surface area contributed by atoms with Gasteiger partial charge in [-0.3, -0.25) is 0 Å². The molecule has 1 aromatic carbocycles. The Labute approximate surface area is 115 Å². The van der Waals surface area contributed by atoms with Gasteiger partial charge < -0.3 is 11.5 Å². The lowest BCUT2D eigenvalue weighted by Gasteiger charge is -2.12. The van der Waals surface area contributed by atoms with Crippen molar-refractivity contribution in [3.05, 3.63) is 46.5 Å². The van der Waals surface area contributed by atoms with Crippen molar-refractivity contribution in [1.82, 2.24) is 9.36 Å². The van der Waals surface area contributed by atoms with E-state index in [1.54, 1.807) is 6.07 Å². The van der Waals surface area contributed by atoms with E-state index in [0.29, 0.717) is 18.7 Å². The van der Waals surface area contributed by atoms with Crippen molar-refractivity contribution in [1.29, 1.82) is 0 Å². The third-order valence-corrected chi connectivity index (χ3v) is 3.62. The van der Waals surface area contributed by atoms with Gasteiger partial charge in [0.25, 0.3) is 0 Å². The maximum Gasteiger partial charge on any atom is 0.146 e.